The van der Waals surface area contributed by atoms with E-state index in [1.54, 1.807) is 24.0 Å². The van der Waals surface area contributed by atoms with Gasteiger partial charge in [0.05, 0.1) is 36.6 Å². The zero-order chi connectivity index (χ0) is 35.6. The lowest BCUT2D eigenvalue weighted by Crippen LogP contribution is -2.62. The van der Waals surface area contributed by atoms with Crippen LogP contribution in [0.5, 0.6) is 0 Å². The highest BCUT2D eigenvalue weighted by Crippen LogP contribution is 2.61. The molecule has 10 nitrogen and oxygen atoms in total. The smallest absolute Gasteiger partial charge is 0.313 e. The maximum Gasteiger partial charge on any atom is 0.313 e. The molecule has 3 fully saturated rings. The number of likely N-dealkylation sites (tertiary alicyclic amines) is 1. The molecule has 3 aliphatic heterocycles. The van der Waals surface area contributed by atoms with Crippen molar-refractivity contribution in [1.82, 2.24) is 15.1 Å². The van der Waals surface area contributed by atoms with E-state index in [-0.39, 0.29) is 42.1 Å². The molecule has 0 aliphatic carbocycles. The molecule has 3 amide bonds. The summed E-state index contributed by atoms with van der Waals surface area (Å²) in [7, 11) is 0. The zero-order valence-corrected chi connectivity index (χ0v) is 30.6. The third kappa shape index (κ3) is 7.28. The van der Waals surface area contributed by atoms with Gasteiger partial charge in [-0.25, -0.2) is 0 Å². The summed E-state index contributed by atoms with van der Waals surface area (Å²) in [5, 5.41) is 13.6. The number of nitrogens with one attached hydrogen (secondary N) is 1. The van der Waals surface area contributed by atoms with Crippen molar-refractivity contribution in [3.63, 3.8) is 0 Å². The van der Waals surface area contributed by atoms with Gasteiger partial charge in [0.15, 0.2) is 0 Å². The molecule has 1 unspecified atom stereocenters. The number of hydrogen-bond donors (Lipinski definition) is 2. The molecule has 4 rings (SSSR count). The molecule has 0 aromatic heterocycles. The number of carbonyl (C=O) groups is 4. The van der Waals surface area contributed by atoms with Gasteiger partial charge >= 0.3 is 5.97 Å². The Hall–Kier alpha value is -3.02. The van der Waals surface area contributed by atoms with Gasteiger partial charge < -0.3 is 29.7 Å². The molecule has 2 bridgehead atoms. The standard InChI is InChI=1S/C37H52BrN3O7/c1-9-11-17-27(43)39-23(5)30(24-15-13-12-14-16-24)47-35(46)28-29-33(44)41(25(21-42)19-22(3)4)32(37(29)20-26(38)31(28)48-37)34(45)40(18-10-2)36(6,7)8/h9-10,12-16,22-23,25-26,28-32,42H,1-2,11,17-21H2,3-8H3,(H,39,43)/t23-,25-,26?,28+,29-,30-,31+,32+,37-/m1/s1. The molecule has 0 radical (unpaired) electrons. The van der Waals surface area contributed by atoms with Gasteiger partial charge in [0.2, 0.25) is 17.7 Å². The van der Waals surface area contributed by atoms with E-state index >= 15 is 0 Å². The van der Waals surface area contributed by atoms with Crippen LogP contribution in [0.2, 0.25) is 0 Å². The van der Waals surface area contributed by atoms with Crippen molar-refractivity contribution >= 4 is 39.6 Å². The van der Waals surface area contributed by atoms with E-state index in [9.17, 15) is 24.3 Å². The fourth-order valence-corrected chi connectivity index (χ4v) is 8.68. The van der Waals surface area contributed by atoms with E-state index in [1.807, 2.05) is 65.0 Å². The first kappa shape index (κ1) is 37.8. The lowest BCUT2D eigenvalue weighted by atomic mass is 9.70. The van der Waals surface area contributed by atoms with Crippen LogP contribution < -0.4 is 5.32 Å². The minimum Gasteiger partial charge on any atom is -0.455 e. The zero-order valence-electron chi connectivity index (χ0n) is 29.1. The summed E-state index contributed by atoms with van der Waals surface area (Å²) >= 11 is 3.73. The maximum atomic E-state index is 14.7. The van der Waals surface area contributed by atoms with Crippen molar-refractivity contribution in [3.05, 3.63) is 61.2 Å². The van der Waals surface area contributed by atoms with Crippen molar-refractivity contribution < 1.29 is 33.8 Å². The first-order valence-electron chi connectivity index (χ1n) is 17.0. The third-order valence-corrected chi connectivity index (χ3v) is 10.6. The largest absolute Gasteiger partial charge is 0.455 e. The monoisotopic (exact) mass is 729 g/mol. The third-order valence-electron chi connectivity index (χ3n) is 9.76. The van der Waals surface area contributed by atoms with Gasteiger partial charge in [0.1, 0.15) is 17.7 Å². The molecule has 264 valence electrons. The van der Waals surface area contributed by atoms with Crippen LogP contribution >= 0.6 is 15.9 Å². The lowest BCUT2D eigenvalue weighted by Gasteiger charge is -2.43. The van der Waals surface area contributed by atoms with Crippen LogP contribution in [0, 0.1) is 17.8 Å². The predicted octanol–water partition coefficient (Wildman–Crippen LogP) is 4.71. The molecular weight excluding hydrogens is 678 g/mol. The Kier molecular flexibility index (Phi) is 12.0. The average molecular weight is 731 g/mol. The summed E-state index contributed by atoms with van der Waals surface area (Å²) in [4.78, 5) is 59.4. The highest BCUT2D eigenvalue weighted by molar-refractivity contribution is 9.09. The SMILES string of the molecule is C=CCCC(=O)N[C@H](C)[C@@H](OC(=O)[C@@H]1[C@H]2O[C@@]3(CC2Br)[C@H](C(=O)N(CC=C)C(C)(C)C)N([C@@H](CO)CC(C)C)C(=O)[C@@H]13)c1ccccc1. The summed E-state index contributed by atoms with van der Waals surface area (Å²) < 4.78 is 13.0. The number of ether oxygens (including phenoxy) is 2. The van der Waals surface area contributed by atoms with Crippen LogP contribution in [0.25, 0.3) is 0 Å². The second-order valence-corrected chi connectivity index (χ2v) is 15.9. The number of hydrogen-bond acceptors (Lipinski definition) is 7. The van der Waals surface area contributed by atoms with E-state index in [4.69, 9.17) is 9.47 Å². The second kappa shape index (κ2) is 15.3. The van der Waals surface area contributed by atoms with Gasteiger partial charge in [-0.1, -0.05) is 72.3 Å². The van der Waals surface area contributed by atoms with Gasteiger partial charge in [-0.2, -0.15) is 0 Å². The number of amides is 3. The molecular formula is C37H52BrN3O7. The van der Waals surface area contributed by atoms with Gasteiger partial charge in [0.25, 0.3) is 0 Å². The van der Waals surface area contributed by atoms with Crippen LogP contribution in [0.15, 0.2) is 55.6 Å². The van der Waals surface area contributed by atoms with Crippen LogP contribution in [0.1, 0.15) is 78.9 Å². The first-order valence-corrected chi connectivity index (χ1v) is 17.9. The number of allylic oxidation sites excluding steroid dienone is 1. The molecule has 1 aromatic carbocycles. The Labute approximate surface area is 293 Å². The van der Waals surface area contributed by atoms with Crippen LogP contribution in [0.4, 0.5) is 0 Å². The van der Waals surface area contributed by atoms with E-state index < -0.39 is 65.2 Å². The Bertz CT molecular complexity index is 1360. The van der Waals surface area contributed by atoms with Crippen molar-refractivity contribution in [1.29, 1.82) is 0 Å². The summed E-state index contributed by atoms with van der Waals surface area (Å²) in [5.41, 5.74) is -1.25. The van der Waals surface area contributed by atoms with Crippen LogP contribution in [0.3, 0.4) is 0 Å². The van der Waals surface area contributed by atoms with E-state index in [0.29, 0.717) is 24.8 Å². The van der Waals surface area contributed by atoms with Gasteiger partial charge in [-0.05, 0) is 58.4 Å². The van der Waals surface area contributed by atoms with E-state index in [0.717, 1.165) is 0 Å². The minimum absolute atomic E-state index is 0.118. The molecule has 3 saturated heterocycles. The number of halogens is 1. The molecule has 48 heavy (non-hydrogen) atoms. The summed E-state index contributed by atoms with van der Waals surface area (Å²) in [5.74, 6) is -3.45. The first-order chi connectivity index (χ1) is 22.6. The van der Waals surface area contributed by atoms with Crippen LogP contribution in [-0.4, -0.2) is 91.9 Å². The second-order valence-electron chi connectivity index (χ2n) is 14.7. The fraction of sp³-hybridized carbons (Fsp3) is 0.622. The van der Waals surface area contributed by atoms with Crippen molar-refractivity contribution in [2.45, 2.75) is 114 Å². The summed E-state index contributed by atoms with van der Waals surface area (Å²) in [6.45, 7) is 19.0. The normalized spacial score (nSPS) is 28.1. The van der Waals surface area contributed by atoms with Crippen molar-refractivity contribution in [2.24, 2.45) is 17.8 Å². The number of benzene rings is 1. The van der Waals surface area contributed by atoms with E-state index in [2.05, 4.69) is 34.4 Å². The van der Waals surface area contributed by atoms with E-state index in [1.165, 1.54) is 4.90 Å². The number of rotatable bonds is 15. The summed E-state index contributed by atoms with van der Waals surface area (Å²) in [6, 6.07) is 6.84. The molecule has 3 aliphatic rings. The number of fused-ring (bicyclic) bond motifs is 1. The van der Waals surface area contributed by atoms with Crippen molar-refractivity contribution in [3.8, 4) is 0 Å². The quantitative estimate of drug-likeness (QED) is 0.152. The Morgan fingerprint density at radius 1 is 1.19 bits per heavy atom. The highest BCUT2D eigenvalue weighted by Gasteiger charge is 2.77. The molecule has 2 N–H and O–H groups in total. The van der Waals surface area contributed by atoms with Crippen molar-refractivity contribution in [2.75, 3.05) is 13.2 Å². The number of alkyl halides is 1. The molecule has 11 heteroatoms. The number of aliphatic hydroxyl groups is 1. The highest BCUT2D eigenvalue weighted by atomic mass is 79.9. The van der Waals surface area contributed by atoms with Crippen LogP contribution in [-0.2, 0) is 28.7 Å². The molecule has 1 aromatic rings. The predicted molar refractivity (Wildman–Crippen MR) is 187 cm³/mol. The van der Waals surface area contributed by atoms with Gasteiger partial charge in [-0.3, -0.25) is 19.2 Å². The van der Waals surface area contributed by atoms with Gasteiger partial charge in [0, 0.05) is 23.3 Å². The Balaban J connectivity index is 1.76. The molecule has 1 spiro atoms. The average Bonchev–Trinajstić information content (AvgIpc) is 3.62. The molecule has 3 heterocycles. The fourth-order valence-electron chi connectivity index (χ4n) is 7.74. The minimum atomic E-state index is -1.32. The lowest BCUT2D eigenvalue weighted by molar-refractivity contribution is -0.163. The number of aliphatic hydroxyl groups excluding tert-OH is 1. The van der Waals surface area contributed by atoms with Gasteiger partial charge in [-0.15, -0.1) is 13.2 Å². The topological polar surface area (TPSA) is 125 Å². The number of carbonyl (C=O) groups excluding carboxylic acids is 4. The number of esters is 1. The molecule has 0 saturated carbocycles. The number of nitrogens with zero attached hydrogens (tertiary/aromatic N) is 2. The maximum absolute atomic E-state index is 14.7. The Morgan fingerprint density at radius 3 is 2.42 bits per heavy atom. The summed E-state index contributed by atoms with van der Waals surface area (Å²) in [6.07, 6.45) is 3.29. The Morgan fingerprint density at radius 2 is 1.85 bits per heavy atom. The molecule has 9 atom stereocenters.